The molecule has 1 heterocycles. The highest BCUT2D eigenvalue weighted by Gasteiger charge is 2.33. The Morgan fingerprint density at radius 3 is 2.61 bits per heavy atom. The molecule has 102 valence electrons. The zero-order valence-electron chi connectivity index (χ0n) is 10.1. The van der Waals surface area contributed by atoms with Crippen LogP contribution in [0.4, 0.5) is 24.9 Å². The Morgan fingerprint density at radius 1 is 1.39 bits per heavy atom. The molecule has 1 rings (SSSR count). The van der Waals surface area contributed by atoms with E-state index in [1.54, 1.807) is 0 Å². The molecule has 0 spiro atoms. The fourth-order valence-electron chi connectivity index (χ4n) is 1.18. The molecule has 0 saturated heterocycles. The van der Waals surface area contributed by atoms with E-state index in [4.69, 9.17) is 10.5 Å². The van der Waals surface area contributed by atoms with Gasteiger partial charge in [0.25, 0.3) is 0 Å². The van der Waals surface area contributed by atoms with Gasteiger partial charge in [-0.1, -0.05) is 0 Å². The molecule has 0 amide bonds. The lowest BCUT2D eigenvalue weighted by molar-refractivity contribution is -0.141. The van der Waals surface area contributed by atoms with E-state index < -0.39 is 17.8 Å². The fourth-order valence-corrected chi connectivity index (χ4v) is 1.18. The molecule has 0 aromatic carbocycles. The van der Waals surface area contributed by atoms with Gasteiger partial charge in [0, 0.05) is 12.6 Å². The summed E-state index contributed by atoms with van der Waals surface area (Å²) >= 11 is 0. The monoisotopic (exact) mass is 264 g/mol. The Labute approximate surface area is 103 Å². The first kappa shape index (κ1) is 14.5. The van der Waals surface area contributed by atoms with Crippen LogP contribution in [0.2, 0.25) is 0 Å². The van der Waals surface area contributed by atoms with Gasteiger partial charge >= 0.3 is 6.18 Å². The van der Waals surface area contributed by atoms with Gasteiger partial charge in [0.1, 0.15) is 5.82 Å². The number of hydrogen-bond donors (Lipinski definition) is 2. The Hall–Kier alpha value is -1.57. The van der Waals surface area contributed by atoms with E-state index in [-0.39, 0.29) is 11.9 Å². The Balaban J connectivity index is 2.63. The number of aromatic nitrogens is 2. The third-order valence-corrected chi connectivity index (χ3v) is 1.89. The van der Waals surface area contributed by atoms with Crippen LogP contribution in [0.3, 0.4) is 0 Å². The molecule has 0 radical (unpaired) electrons. The smallest absolute Gasteiger partial charge is 0.377 e. The molecule has 1 aromatic rings. The number of alkyl halides is 3. The van der Waals surface area contributed by atoms with Crippen LogP contribution in [0, 0.1) is 0 Å². The zero-order chi connectivity index (χ0) is 13.8. The molecule has 0 fully saturated rings. The highest BCUT2D eigenvalue weighted by atomic mass is 19.4. The molecule has 0 atom stereocenters. The molecule has 0 aliphatic carbocycles. The minimum absolute atomic E-state index is 0.0298. The van der Waals surface area contributed by atoms with Crippen molar-refractivity contribution < 1.29 is 17.9 Å². The highest BCUT2D eigenvalue weighted by molar-refractivity contribution is 5.41. The van der Waals surface area contributed by atoms with Crippen LogP contribution in [0.25, 0.3) is 0 Å². The van der Waals surface area contributed by atoms with Gasteiger partial charge in [0.05, 0.1) is 12.7 Å². The van der Waals surface area contributed by atoms with Gasteiger partial charge in [-0.05, 0) is 13.8 Å². The van der Waals surface area contributed by atoms with Gasteiger partial charge in [-0.15, -0.1) is 0 Å². The molecule has 0 aliphatic rings. The number of nitrogens with zero attached hydrogens (tertiary/aromatic N) is 2. The molecule has 8 heteroatoms. The number of anilines is 2. The lowest BCUT2D eigenvalue weighted by Crippen LogP contribution is -2.16. The molecule has 0 unspecified atom stereocenters. The maximum absolute atomic E-state index is 12.4. The van der Waals surface area contributed by atoms with Crippen molar-refractivity contribution in [2.75, 3.05) is 24.2 Å². The summed E-state index contributed by atoms with van der Waals surface area (Å²) in [4.78, 5) is 6.80. The van der Waals surface area contributed by atoms with E-state index in [1.165, 1.54) is 0 Å². The van der Waals surface area contributed by atoms with Crippen LogP contribution in [0.15, 0.2) is 6.07 Å². The second kappa shape index (κ2) is 5.85. The number of nitrogen functional groups attached to an aromatic ring is 1. The fraction of sp³-hybridized carbons (Fsp3) is 0.600. The van der Waals surface area contributed by atoms with Crippen molar-refractivity contribution in [2.24, 2.45) is 0 Å². The van der Waals surface area contributed by atoms with Crippen molar-refractivity contribution in [2.45, 2.75) is 26.1 Å². The van der Waals surface area contributed by atoms with Crippen LogP contribution in [-0.2, 0) is 10.9 Å². The predicted octanol–water partition coefficient (Wildman–Crippen LogP) is 1.91. The van der Waals surface area contributed by atoms with Crippen molar-refractivity contribution in [3.63, 3.8) is 0 Å². The predicted molar refractivity (Wildman–Crippen MR) is 61.0 cm³/mol. The zero-order valence-corrected chi connectivity index (χ0v) is 10.1. The van der Waals surface area contributed by atoms with E-state index in [2.05, 4.69) is 15.3 Å². The molecule has 3 N–H and O–H groups in total. The third-order valence-electron chi connectivity index (χ3n) is 1.89. The minimum atomic E-state index is -4.54. The largest absolute Gasteiger partial charge is 0.433 e. The van der Waals surface area contributed by atoms with Crippen molar-refractivity contribution in [1.82, 2.24) is 9.97 Å². The van der Waals surface area contributed by atoms with Crippen LogP contribution in [-0.4, -0.2) is 29.2 Å². The number of ether oxygens (including phenoxy) is 1. The van der Waals surface area contributed by atoms with E-state index in [1.807, 2.05) is 13.8 Å². The summed E-state index contributed by atoms with van der Waals surface area (Å²) in [5, 5.41) is 2.70. The molecule has 5 nitrogen and oxygen atoms in total. The standard InChI is InChI=1S/C10H15F3N4O/c1-6(2)18-4-3-15-8-5-7(10(11,12)13)16-9(14)17-8/h5-6H,3-4H2,1-2H3,(H3,14,15,16,17). The second-order valence-electron chi connectivity index (χ2n) is 3.84. The number of halogens is 3. The maximum Gasteiger partial charge on any atom is 0.433 e. The number of nitrogens with two attached hydrogens (primary N) is 1. The molecule has 18 heavy (non-hydrogen) atoms. The lowest BCUT2D eigenvalue weighted by Gasteiger charge is -2.11. The quantitative estimate of drug-likeness (QED) is 0.795. The second-order valence-corrected chi connectivity index (χ2v) is 3.84. The highest BCUT2D eigenvalue weighted by Crippen LogP contribution is 2.29. The van der Waals surface area contributed by atoms with Gasteiger partial charge in [0.2, 0.25) is 5.95 Å². The topological polar surface area (TPSA) is 73.1 Å². The van der Waals surface area contributed by atoms with Gasteiger partial charge in [-0.25, -0.2) is 4.98 Å². The summed E-state index contributed by atoms with van der Waals surface area (Å²) in [7, 11) is 0. The average molecular weight is 264 g/mol. The van der Waals surface area contributed by atoms with Gasteiger partial charge < -0.3 is 15.8 Å². The summed E-state index contributed by atoms with van der Waals surface area (Å²) in [6.07, 6.45) is -4.48. The van der Waals surface area contributed by atoms with Crippen molar-refractivity contribution in [3.8, 4) is 0 Å². The van der Waals surface area contributed by atoms with E-state index in [0.717, 1.165) is 6.07 Å². The Bertz CT molecular complexity index is 395. The van der Waals surface area contributed by atoms with Gasteiger partial charge in [-0.3, -0.25) is 0 Å². The molecule has 0 bridgehead atoms. The van der Waals surface area contributed by atoms with E-state index in [0.29, 0.717) is 13.2 Å². The number of hydrogen-bond acceptors (Lipinski definition) is 5. The van der Waals surface area contributed by atoms with Crippen molar-refractivity contribution in [3.05, 3.63) is 11.8 Å². The molecular formula is C10H15F3N4O. The van der Waals surface area contributed by atoms with Gasteiger partial charge in [-0.2, -0.15) is 18.2 Å². The van der Waals surface area contributed by atoms with Gasteiger partial charge in [0.15, 0.2) is 5.69 Å². The maximum atomic E-state index is 12.4. The minimum Gasteiger partial charge on any atom is -0.377 e. The molecule has 0 saturated carbocycles. The summed E-state index contributed by atoms with van der Waals surface area (Å²) in [5.74, 6) is -0.390. The SMILES string of the molecule is CC(C)OCCNc1cc(C(F)(F)F)nc(N)n1. The van der Waals surface area contributed by atoms with E-state index >= 15 is 0 Å². The Kier molecular flexibility index (Phi) is 4.71. The summed E-state index contributed by atoms with van der Waals surface area (Å²) in [5.41, 5.74) is 4.15. The first-order valence-electron chi connectivity index (χ1n) is 5.36. The number of nitrogens with one attached hydrogen (secondary N) is 1. The Morgan fingerprint density at radius 2 is 2.06 bits per heavy atom. The van der Waals surface area contributed by atoms with E-state index in [9.17, 15) is 13.2 Å². The molecule has 0 aliphatic heterocycles. The summed E-state index contributed by atoms with van der Waals surface area (Å²) in [6.45, 7) is 4.43. The summed E-state index contributed by atoms with van der Waals surface area (Å²) in [6, 6.07) is 0.811. The first-order chi connectivity index (χ1) is 8.29. The van der Waals surface area contributed by atoms with Crippen molar-refractivity contribution >= 4 is 11.8 Å². The van der Waals surface area contributed by atoms with Crippen molar-refractivity contribution in [1.29, 1.82) is 0 Å². The normalized spacial score (nSPS) is 11.9. The first-order valence-corrected chi connectivity index (χ1v) is 5.36. The van der Waals surface area contributed by atoms with Crippen LogP contribution < -0.4 is 11.1 Å². The summed E-state index contributed by atoms with van der Waals surface area (Å²) < 4.78 is 42.6. The number of rotatable bonds is 5. The lowest BCUT2D eigenvalue weighted by atomic mass is 10.4. The van der Waals surface area contributed by atoms with Crippen LogP contribution >= 0.6 is 0 Å². The molecular weight excluding hydrogens is 249 g/mol. The average Bonchev–Trinajstić information content (AvgIpc) is 2.22. The third kappa shape index (κ3) is 4.74. The molecule has 1 aromatic heterocycles. The van der Waals surface area contributed by atoms with Crippen LogP contribution in [0.5, 0.6) is 0 Å². The van der Waals surface area contributed by atoms with Crippen LogP contribution in [0.1, 0.15) is 19.5 Å².